The molecule has 8 nitrogen and oxygen atoms in total. The Morgan fingerprint density at radius 1 is 1.38 bits per heavy atom. The van der Waals surface area contributed by atoms with Gasteiger partial charge in [-0.05, 0) is 18.6 Å². The molecule has 1 amide bonds. The molecule has 0 bridgehead atoms. The zero-order chi connectivity index (χ0) is 15.8. The van der Waals surface area contributed by atoms with Crippen molar-refractivity contribution in [3.63, 3.8) is 0 Å². The number of amides is 1. The van der Waals surface area contributed by atoms with Crippen LogP contribution in [0.1, 0.15) is 23.3 Å². The molecule has 8 heteroatoms. The van der Waals surface area contributed by atoms with Gasteiger partial charge in [0.1, 0.15) is 11.7 Å². The smallest absolute Gasteiger partial charge is 0.326 e. The van der Waals surface area contributed by atoms with Crippen LogP contribution in [0.5, 0.6) is 0 Å². The molecular formula is C13H18N2O6. The van der Waals surface area contributed by atoms with Crippen molar-refractivity contribution in [2.24, 2.45) is 0 Å². The Morgan fingerprint density at radius 3 is 2.67 bits per heavy atom. The normalized spacial score (nSPS) is 11.9. The van der Waals surface area contributed by atoms with Crippen molar-refractivity contribution in [3.8, 4) is 0 Å². The second-order valence-electron chi connectivity index (χ2n) is 4.38. The summed E-state index contributed by atoms with van der Waals surface area (Å²) in [6, 6.07) is 1.98. The molecule has 1 aromatic rings. The molecule has 0 aliphatic heterocycles. The van der Waals surface area contributed by atoms with E-state index in [1.54, 1.807) is 22.9 Å². The van der Waals surface area contributed by atoms with Crippen LogP contribution in [0.4, 0.5) is 0 Å². The van der Waals surface area contributed by atoms with Gasteiger partial charge in [0.25, 0.3) is 5.91 Å². The van der Waals surface area contributed by atoms with Gasteiger partial charge in [-0.2, -0.15) is 0 Å². The Hall–Kier alpha value is -2.35. The van der Waals surface area contributed by atoms with E-state index in [-0.39, 0.29) is 12.8 Å². The molecule has 1 rings (SSSR count). The number of carbonyl (C=O) groups excluding carboxylic acids is 1. The first-order valence-electron chi connectivity index (χ1n) is 6.35. The number of nitrogens with one attached hydrogen (secondary N) is 1. The van der Waals surface area contributed by atoms with Crippen LogP contribution in [-0.4, -0.2) is 52.4 Å². The maximum atomic E-state index is 12.1. The molecule has 1 heterocycles. The molecule has 0 aliphatic carbocycles. The third-order valence-electron chi connectivity index (χ3n) is 2.85. The molecule has 1 aromatic heterocycles. The first-order valence-corrected chi connectivity index (χ1v) is 6.35. The third kappa shape index (κ3) is 5.27. The Bertz CT molecular complexity index is 511. The number of aliphatic carboxylic acids is 2. The summed E-state index contributed by atoms with van der Waals surface area (Å²) in [5.41, 5.74) is 0.300. The van der Waals surface area contributed by atoms with E-state index in [4.69, 9.17) is 14.9 Å². The first kappa shape index (κ1) is 16.7. The molecule has 0 fully saturated rings. The number of hydrogen-bond acceptors (Lipinski definition) is 4. The summed E-state index contributed by atoms with van der Waals surface area (Å²) in [6.07, 6.45) is 1.18. The number of rotatable bonds is 9. The van der Waals surface area contributed by atoms with Crippen molar-refractivity contribution in [3.05, 3.63) is 24.0 Å². The molecule has 21 heavy (non-hydrogen) atoms. The molecule has 1 atom stereocenters. The van der Waals surface area contributed by atoms with Crippen LogP contribution in [0.2, 0.25) is 0 Å². The summed E-state index contributed by atoms with van der Waals surface area (Å²) in [5.74, 6) is -2.94. The van der Waals surface area contributed by atoms with Gasteiger partial charge >= 0.3 is 11.9 Å². The van der Waals surface area contributed by atoms with Crippen LogP contribution < -0.4 is 5.32 Å². The zero-order valence-corrected chi connectivity index (χ0v) is 11.6. The van der Waals surface area contributed by atoms with Gasteiger partial charge in [0.05, 0.1) is 6.61 Å². The molecule has 116 valence electrons. The monoisotopic (exact) mass is 298 g/mol. The van der Waals surface area contributed by atoms with Crippen molar-refractivity contribution in [1.29, 1.82) is 0 Å². The standard InChI is InChI=1S/C13H18N2O6/c1-21-8-7-15-6-2-3-10(15)12(18)14-9(13(19)20)4-5-11(16)17/h2-3,6,9H,4-5,7-8H2,1H3,(H,14,18)(H,16,17)(H,19,20)/t9-/m0/s1. The molecule has 0 unspecified atom stereocenters. The maximum Gasteiger partial charge on any atom is 0.326 e. The van der Waals surface area contributed by atoms with Crippen LogP contribution in [-0.2, 0) is 20.9 Å². The quantitative estimate of drug-likeness (QED) is 0.598. The number of carbonyl (C=O) groups is 3. The van der Waals surface area contributed by atoms with Crippen molar-refractivity contribution in [2.75, 3.05) is 13.7 Å². The average molecular weight is 298 g/mol. The lowest BCUT2D eigenvalue weighted by Crippen LogP contribution is -2.41. The van der Waals surface area contributed by atoms with Crippen LogP contribution in [0.3, 0.4) is 0 Å². The van der Waals surface area contributed by atoms with E-state index in [0.29, 0.717) is 18.8 Å². The number of aromatic nitrogens is 1. The summed E-state index contributed by atoms with van der Waals surface area (Å²) in [4.78, 5) is 33.6. The molecule has 0 aromatic carbocycles. The van der Waals surface area contributed by atoms with Gasteiger partial charge in [-0.3, -0.25) is 9.59 Å². The number of methoxy groups -OCH3 is 1. The zero-order valence-electron chi connectivity index (χ0n) is 11.6. The Balaban J connectivity index is 2.71. The predicted octanol–water partition coefficient (Wildman–Crippen LogP) is 0.182. The first-order chi connectivity index (χ1) is 9.95. The van der Waals surface area contributed by atoms with E-state index < -0.39 is 23.9 Å². The van der Waals surface area contributed by atoms with E-state index in [2.05, 4.69) is 5.32 Å². The van der Waals surface area contributed by atoms with Crippen LogP contribution in [0.25, 0.3) is 0 Å². The summed E-state index contributed by atoms with van der Waals surface area (Å²) >= 11 is 0. The molecule has 0 saturated carbocycles. The number of nitrogens with zero attached hydrogens (tertiary/aromatic N) is 1. The SMILES string of the molecule is COCCn1cccc1C(=O)N[C@@H](CCC(=O)O)C(=O)O. The van der Waals surface area contributed by atoms with Crippen LogP contribution >= 0.6 is 0 Å². The minimum atomic E-state index is -1.26. The maximum absolute atomic E-state index is 12.1. The van der Waals surface area contributed by atoms with E-state index in [9.17, 15) is 14.4 Å². The highest BCUT2D eigenvalue weighted by Gasteiger charge is 2.22. The van der Waals surface area contributed by atoms with Gasteiger partial charge in [-0.1, -0.05) is 0 Å². The number of ether oxygens (including phenoxy) is 1. The van der Waals surface area contributed by atoms with Gasteiger partial charge in [0.15, 0.2) is 0 Å². The summed E-state index contributed by atoms with van der Waals surface area (Å²) < 4.78 is 6.56. The summed E-state index contributed by atoms with van der Waals surface area (Å²) in [5, 5.41) is 19.9. The average Bonchev–Trinajstić information content (AvgIpc) is 2.88. The summed E-state index contributed by atoms with van der Waals surface area (Å²) in [7, 11) is 1.54. The molecular weight excluding hydrogens is 280 g/mol. The fourth-order valence-electron chi connectivity index (χ4n) is 1.76. The van der Waals surface area contributed by atoms with Gasteiger partial charge in [-0.25, -0.2) is 4.79 Å². The van der Waals surface area contributed by atoms with Crippen molar-refractivity contribution in [1.82, 2.24) is 9.88 Å². The van der Waals surface area contributed by atoms with E-state index in [1.807, 2.05) is 0 Å². The van der Waals surface area contributed by atoms with Gasteiger partial charge in [-0.15, -0.1) is 0 Å². The Labute approximate surface area is 121 Å². The fourth-order valence-corrected chi connectivity index (χ4v) is 1.76. The topological polar surface area (TPSA) is 118 Å². The van der Waals surface area contributed by atoms with Crippen molar-refractivity contribution >= 4 is 17.8 Å². The van der Waals surface area contributed by atoms with Crippen molar-refractivity contribution in [2.45, 2.75) is 25.4 Å². The lowest BCUT2D eigenvalue weighted by Gasteiger charge is -2.14. The van der Waals surface area contributed by atoms with Crippen LogP contribution in [0.15, 0.2) is 18.3 Å². The second kappa shape index (κ2) is 8.05. The number of carboxylic acids is 2. The Morgan fingerprint density at radius 2 is 2.10 bits per heavy atom. The van der Waals surface area contributed by atoms with E-state index >= 15 is 0 Å². The number of hydrogen-bond donors (Lipinski definition) is 3. The molecule has 0 radical (unpaired) electrons. The van der Waals surface area contributed by atoms with Gasteiger partial charge in [0, 0.05) is 26.3 Å². The third-order valence-corrected chi connectivity index (χ3v) is 2.85. The van der Waals surface area contributed by atoms with E-state index in [1.165, 1.54) is 7.11 Å². The van der Waals surface area contributed by atoms with Gasteiger partial charge < -0.3 is 24.8 Å². The fraction of sp³-hybridized carbons (Fsp3) is 0.462. The Kier molecular flexibility index (Phi) is 6.41. The highest BCUT2D eigenvalue weighted by Crippen LogP contribution is 2.05. The second-order valence-corrected chi connectivity index (χ2v) is 4.38. The summed E-state index contributed by atoms with van der Waals surface area (Å²) in [6.45, 7) is 0.870. The highest BCUT2D eigenvalue weighted by atomic mass is 16.5. The molecule has 0 aliphatic rings. The highest BCUT2D eigenvalue weighted by molar-refractivity contribution is 5.95. The largest absolute Gasteiger partial charge is 0.481 e. The molecule has 0 spiro atoms. The molecule has 3 N–H and O–H groups in total. The van der Waals surface area contributed by atoms with Crippen LogP contribution in [0, 0.1) is 0 Å². The minimum absolute atomic E-state index is 0.171. The predicted molar refractivity (Wildman–Crippen MR) is 72.1 cm³/mol. The van der Waals surface area contributed by atoms with E-state index in [0.717, 1.165) is 0 Å². The lowest BCUT2D eigenvalue weighted by molar-refractivity contribution is -0.140. The lowest BCUT2D eigenvalue weighted by atomic mass is 10.1. The minimum Gasteiger partial charge on any atom is -0.481 e. The van der Waals surface area contributed by atoms with Gasteiger partial charge in [0.2, 0.25) is 0 Å². The molecule has 0 saturated heterocycles. The van der Waals surface area contributed by atoms with Crippen molar-refractivity contribution < 1.29 is 29.3 Å². The number of carboxylic acid groups (broad SMARTS) is 2.